The minimum absolute atomic E-state index is 0.00232. The van der Waals surface area contributed by atoms with Crippen molar-refractivity contribution in [2.24, 2.45) is 17.8 Å². The van der Waals surface area contributed by atoms with Crippen LogP contribution in [0.4, 0.5) is 0 Å². The van der Waals surface area contributed by atoms with E-state index < -0.39 is 34.6 Å². The van der Waals surface area contributed by atoms with Gasteiger partial charge in [0.15, 0.2) is 0 Å². The molecule has 184 valence electrons. The van der Waals surface area contributed by atoms with Gasteiger partial charge in [-0.3, -0.25) is 14.4 Å². The van der Waals surface area contributed by atoms with Crippen LogP contribution >= 0.6 is 11.8 Å². The molecule has 1 aliphatic carbocycles. The first kappa shape index (κ1) is 24.6. The van der Waals surface area contributed by atoms with E-state index in [1.165, 1.54) is 6.42 Å². The van der Waals surface area contributed by atoms with E-state index in [1.54, 1.807) is 22.7 Å². The first-order valence-corrected chi connectivity index (χ1v) is 13.4. The van der Waals surface area contributed by atoms with Crippen molar-refractivity contribution in [1.82, 2.24) is 9.80 Å². The van der Waals surface area contributed by atoms with Crippen LogP contribution in [-0.4, -0.2) is 79.1 Å². The number of fused-ring (bicyclic) bond motifs is 1. The summed E-state index contributed by atoms with van der Waals surface area (Å²) in [6.07, 6.45) is 9.10. The zero-order valence-electron chi connectivity index (χ0n) is 19.8. The largest absolute Gasteiger partial charge is 0.481 e. The first-order chi connectivity index (χ1) is 15.8. The van der Waals surface area contributed by atoms with E-state index in [0.29, 0.717) is 19.4 Å². The average Bonchev–Trinajstić information content (AvgIpc) is 3.46. The summed E-state index contributed by atoms with van der Waals surface area (Å²) in [4.78, 5) is 44.1. The molecule has 3 aliphatic heterocycles. The van der Waals surface area contributed by atoms with Crippen LogP contribution in [-0.2, 0) is 14.4 Å². The van der Waals surface area contributed by atoms with E-state index in [1.807, 2.05) is 18.7 Å². The standard InChI is InChI=1S/C25H38N2O5S/c1-4-13-26(16-9-7-6-8-10-16)23(30)21-25-12-11-18(33-25)19(24(31)32)20(25)22(29)27(21)17(14-28)15(3)5-2/h4,15-21,28H,1,5-14H2,2-3H3,(H,31,32)/t15-,17-,18+,19-,20-,21?,25?/m0/s1. The Kier molecular flexibility index (Phi) is 7.16. The van der Waals surface area contributed by atoms with Crippen molar-refractivity contribution in [2.45, 2.75) is 93.3 Å². The molecule has 1 saturated carbocycles. The Morgan fingerprint density at radius 1 is 1.30 bits per heavy atom. The SMILES string of the molecule is C=CCN(C(=O)C1N([C@@H](CO)[C@@H](C)CC)C(=O)[C@@H]2[C@@H](C(=O)O)[C@H]3CCC12S3)C1CCCCC1. The number of nitrogens with zero attached hydrogens (tertiary/aromatic N) is 2. The van der Waals surface area contributed by atoms with Crippen LogP contribution in [0.1, 0.15) is 65.2 Å². The smallest absolute Gasteiger partial charge is 0.308 e. The van der Waals surface area contributed by atoms with Crippen molar-refractivity contribution >= 4 is 29.5 Å². The second kappa shape index (κ2) is 9.61. The molecule has 0 aromatic rings. The van der Waals surface area contributed by atoms with Gasteiger partial charge < -0.3 is 20.0 Å². The van der Waals surface area contributed by atoms with Gasteiger partial charge in [-0.15, -0.1) is 18.3 Å². The summed E-state index contributed by atoms with van der Waals surface area (Å²) in [6, 6.07) is -1.11. The van der Waals surface area contributed by atoms with Crippen molar-refractivity contribution in [2.75, 3.05) is 13.2 Å². The Morgan fingerprint density at radius 3 is 2.58 bits per heavy atom. The first-order valence-electron chi connectivity index (χ1n) is 12.6. The van der Waals surface area contributed by atoms with Gasteiger partial charge in [-0.2, -0.15) is 0 Å². The molecule has 0 aromatic carbocycles. The number of carbonyl (C=O) groups is 3. The molecule has 2 unspecified atom stereocenters. The molecule has 2 N–H and O–H groups in total. The van der Waals surface area contributed by atoms with Crippen LogP contribution in [0.5, 0.6) is 0 Å². The third-order valence-corrected chi connectivity index (χ3v) is 10.7. The summed E-state index contributed by atoms with van der Waals surface area (Å²) in [5.74, 6) is -2.76. The summed E-state index contributed by atoms with van der Waals surface area (Å²) in [6.45, 7) is 8.07. The average molecular weight is 479 g/mol. The molecule has 7 atom stereocenters. The topological polar surface area (TPSA) is 98.2 Å². The van der Waals surface area contributed by atoms with E-state index in [-0.39, 0.29) is 35.6 Å². The molecule has 3 heterocycles. The molecular formula is C25H38N2O5S. The van der Waals surface area contributed by atoms with Crippen molar-refractivity contribution in [3.63, 3.8) is 0 Å². The van der Waals surface area contributed by atoms with E-state index in [0.717, 1.165) is 32.1 Å². The maximum atomic E-state index is 14.4. The molecular weight excluding hydrogens is 440 g/mol. The zero-order chi connectivity index (χ0) is 23.9. The lowest BCUT2D eigenvalue weighted by atomic mass is 9.71. The van der Waals surface area contributed by atoms with Gasteiger partial charge in [-0.1, -0.05) is 45.6 Å². The number of carboxylic acids is 1. The van der Waals surface area contributed by atoms with E-state index in [4.69, 9.17) is 0 Å². The highest BCUT2D eigenvalue weighted by molar-refractivity contribution is 8.02. The van der Waals surface area contributed by atoms with Crippen LogP contribution < -0.4 is 0 Å². The maximum Gasteiger partial charge on any atom is 0.308 e. The summed E-state index contributed by atoms with van der Waals surface area (Å²) in [5.41, 5.74) is 0. The number of rotatable bonds is 9. The summed E-state index contributed by atoms with van der Waals surface area (Å²) in [7, 11) is 0. The van der Waals surface area contributed by atoms with Crippen LogP contribution in [0.3, 0.4) is 0 Å². The molecule has 1 spiro atoms. The third kappa shape index (κ3) is 3.81. The Labute approximate surface area is 201 Å². The molecule has 2 amide bonds. The fourth-order valence-corrected chi connectivity index (χ4v) is 9.12. The summed E-state index contributed by atoms with van der Waals surface area (Å²) < 4.78 is -0.725. The molecule has 7 nitrogen and oxygen atoms in total. The maximum absolute atomic E-state index is 14.4. The van der Waals surface area contributed by atoms with Gasteiger partial charge in [0, 0.05) is 17.8 Å². The van der Waals surface area contributed by atoms with Gasteiger partial charge in [0.05, 0.1) is 29.2 Å². The third-order valence-electron chi connectivity index (χ3n) is 8.73. The number of aliphatic carboxylic acids is 1. The molecule has 4 rings (SSSR count). The number of hydrogen-bond acceptors (Lipinski definition) is 5. The number of carboxylic acid groups (broad SMARTS) is 1. The van der Waals surface area contributed by atoms with Gasteiger partial charge in [0.2, 0.25) is 11.8 Å². The predicted molar refractivity (Wildman–Crippen MR) is 128 cm³/mol. The van der Waals surface area contributed by atoms with Gasteiger partial charge >= 0.3 is 5.97 Å². The van der Waals surface area contributed by atoms with Gasteiger partial charge in [0.25, 0.3) is 0 Å². The van der Waals surface area contributed by atoms with Gasteiger partial charge in [0.1, 0.15) is 6.04 Å². The fraction of sp³-hybridized carbons (Fsp3) is 0.800. The minimum Gasteiger partial charge on any atom is -0.481 e. The van der Waals surface area contributed by atoms with Gasteiger partial charge in [-0.05, 0) is 31.6 Å². The Hall–Kier alpha value is -1.54. The number of aliphatic hydroxyl groups excluding tert-OH is 1. The molecule has 0 radical (unpaired) electrons. The Balaban J connectivity index is 1.79. The van der Waals surface area contributed by atoms with Crippen molar-refractivity contribution in [1.29, 1.82) is 0 Å². The highest BCUT2D eigenvalue weighted by Crippen LogP contribution is 2.67. The molecule has 3 saturated heterocycles. The van der Waals surface area contributed by atoms with Gasteiger partial charge in [-0.25, -0.2) is 0 Å². The minimum atomic E-state index is -0.945. The Bertz CT molecular complexity index is 800. The fourth-order valence-electron chi connectivity index (χ4n) is 6.93. The van der Waals surface area contributed by atoms with Crippen LogP contribution in [0.15, 0.2) is 12.7 Å². The molecule has 0 aromatic heterocycles. The number of likely N-dealkylation sites (tertiary alicyclic amines) is 1. The highest BCUT2D eigenvalue weighted by atomic mass is 32.2. The number of aliphatic hydroxyl groups is 1. The van der Waals surface area contributed by atoms with Crippen LogP contribution in [0.2, 0.25) is 0 Å². The van der Waals surface area contributed by atoms with Crippen molar-refractivity contribution in [3.05, 3.63) is 12.7 Å². The van der Waals surface area contributed by atoms with Crippen molar-refractivity contribution < 1.29 is 24.6 Å². The number of thioether (sulfide) groups is 1. The zero-order valence-corrected chi connectivity index (χ0v) is 20.6. The quantitative estimate of drug-likeness (QED) is 0.495. The monoisotopic (exact) mass is 478 g/mol. The number of hydrogen-bond donors (Lipinski definition) is 2. The molecule has 4 fully saturated rings. The second-order valence-electron chi connectivity index (χ2n) is 10.3. The molecule has 8 heteroatoms. The Morgan fingerprint density at radius 2 is 2.00 bits per heavy atom. The highest BCUT2D eigenvalue weighted by Gasteiger charge is 2.74. The van der Waals surface area contributed by atoms with Crippen LogP contribution in [0, 0.1) is 17.8 Å². The number of amides is 2. The lowest BCUT2D eigenvalue weighted by molar-refractivity contribution is -0.150. The van der Waals surface area contributed by atoms with E-state index in [2.05, 4.69) is 6.58 Å². The number of carbonyl (C=O) groups excluding carboxylic acids is 2. The lowest BCUT2D eigenvalue weighted by Gasteiger charge is -2.43. The van der Waals surface area contributed by atoms with Crippen LogP contribution in [0.25, 0.3) is 0 Å². The van der Waals surface area contributed by atoms with E-state index >= 15 is 0 Å². The van der Waals surface area contributed by atoms with E-state index in [9.17, 15) is 24.6 Å². The molecule has 33 heavy (non-hydrogen) atoms. The predicted octanol–water partition coefficient (Wildman–Crippen LogP) is 2.92. The molecule has 2 bridgehead atoms. The lowest BCUT2D eigenvalue weighted by Crippen LogP contribution is -2.60. The molecule has 4 aliphatic rings. The normalized spacial score (nSPS) is 35.4. The van der Waals surface area contributed by atoms with Crippen molar-refractivity contribution in [3.8, 4) is 0 Å². The second-order valence-corrected chi connectivity index (χ2v) is 11.9. The summed E-state index contributed by atoms with van der Waals surface area (Å²) in [5, 5.41) is 20.2. The summed E-state index contributed by atoms with van der Waals surface area (Å²) >= 11 is 1.56.